The molecule has 0 aliphatic heterocycles. The Morgan fingerprint density at radius 1 is 1.04 bits per heavy atom. The number of carbonyl (C=O) groups excluding carboxylic acids is 2. The van der Waals surface area contributed by atoms with Gasteiger partial charge in [-0.15, -0.1) is 0 Å². The molecule has 0 aromatic heterocycles. The molecule has 0 spiro atoms. The Labute approximate surface area is 159 Å². The van der Waals surface area contributed by atoms with Gasteiger partial charge < -0.3 is 14.6 Å². The molecule has 144 valence electrons. The number of phenolic OH excluding ortho intramolecular Hbond substituents is 1. The Morgan fingerprint density at radius 3 is 2.41 bits per heavy atom. The molecule has 0 atom stereocenters. The number of anilines is 1. The monoisotopic (exact) mass is 371 g/mol. The van der Waals surface area contributed by atoms with Crippen LogP contribution in [0.2, 0.25) is 0 Å². The highest BCUT2D eigenvalue weighted by atomic mass is 16.6. The van der Waals surface area contributed by atoms with Gasteiger partial charge in [0.15, 0.2) is 0 Å². The molecule has 0 unspecified atom stereocenters. The lowest BCUT2D eigenvalue weighted by Crippen LogP contribution is -2.27. The molecule has 2 aromatic carbocycles. The van der Waals surface area contributed by atoms with E-state index in [1.54, 1.807) is 32.9 Å². The highest BCUT2D eigenvalue weighted by molar-refractivity contribution is 5.86. The number of ether oxygens (including phenoxy) is 2. The highest BCUT2D eigenvalue weighted by Crippen LogP contribution is 2.27. The summed E-state index contributed by atoms with van der Waals surface area (Å²) in [5.41, 5.74) is 1.13. The zero-order chi connectivity index (χ0) is 19.9. The fourth-order valence-corrected chi connectivity index (χ4v) is 2.41. The van der Waals surface area contributed by atoms with Crippen LogP contribution in [0.1, 0.15) is 38.3 Å². The van der Waals surface area contributed by atoms with Crippen LogP contribution in [0.4, 0.5) is 10.5 Å². The van der Waals surface area contributed by atoms with Crippen molar-refractivity contribution in [2.75, 3.05) is 5.32 Å². The third-order valence-corrected chi connectivity index (χ3v) is 3.61. The first-order valence-electron chi connectivity index (χ1n) is 8.75. The molecule has 0 aliphatic rings. The summed E-state index contributed by atoms with van der Waals surface area (Å²) in [5.74, 6) is -0.384. The smallest absolute Gasteiger partial charge is 0.412 e. The van der Waals surface area contributed by atoms with Crippen LogP contribution in [-0.4, -0.2) is 22.8 Å². The number of hydrogen-bond acceptors (Lipinski definition) is 5. The van der Waals surface area contributed by atoms with Crippen LogP contribution in [0.5, 0.6) is 5.75 Å². The van der Waals surface area contributed by atoms with Gasteiger partial charge in [0.05, 0.1) is 5.69 Å². The Bertz CT molecular complexity index is 781. The van der Waals surface area contributed by atoms with E-state index in [0.717, 1.165) is 5.56 Å². The first kappa shape index (κ1) is 20.3. The van der Waals surface area contributed by atoms with Gasteiger partial charge in [-0.25, -0.2) is 4.79 Å². The molecule has 0 bridgehead atoms. The molecule has 2 rings (SSSR count). The van der Waals surface area contributed by atoms with Gasteiger partial charge in [0.1, 0.15) is 18.0 Å². The SMILES string of the molecule is CC(C)(C)OC(=O)Nc1cccc(O)c1CCC(=O)OCc1ccccc1. The summed E-state index contributed by atoms with van der Waals surface area (Å²) in [4.78, 5) is 24.0. The second-order valence-corrected chi connectivity index (χ2v) is 7.08. The number of hydrogen-bond donors (Lipinski definition) is 2. The molecule has 2 aromatic rings. The third kappa shape index (κ3) is 7.01. The van der Waals surface area contributed by atoms with E-state index >= 15 is 0 Å². The van der Waals surface area contributed by atoms with E-state index in [-0.39, 0.29) is 31.2 Å². The number of carbonyl (C=O) groups is 2. The lowest BCUT2D eigenvalue weighted by atomic mass is 10.1. The van der Waals surface area contributed by atoms with Crippen LogP contribution in [0.3, 0.4) is 0 Å². The number of rotatable bonds is 6. The van der Waals surface area contributed by atoms with Crippen LogP contribution in [0, 0.1) is 0 Å². The number of esters is 1. The van der Waals surface area contributed by atoms with Crippen molar-refractivity contribution < 1.29 is 24.2 Å². The standard InChI is InChI=1S/C21H25NO5/c1-21(2,3)27-20(25)22-17-10-7-11-18(23)16(17)12-13-19(24)26-14-15-8-5-4-6-9-15/h4-11,23H,12-14H2,1-3H3,(H,22,25). The predicted molar refractivity (Wildman–Crippen MR) is 103 cm³/mol. The summed E-state index contributed by atoms with van der Waals surface area (Å²) in [6, 6.07) is 14.2. The van der Waals surface area contributed by atoms with Gasteiger partial charge in [0, 0.05) is 12.0 Å². The van der Waals surface area contributed by atoms with Crippen LogP contribution < -0.4 is 5.32 Å². The molecular formula is C21H25NO5. The molecule has 6 nitrogen and oxygen atoms in total. The van der Waals surface area contributed by atoms with Crippen molar-refractivity contribution in [1.29, 1.82) is 0 Å². The predicted octanol–water partition coefficient (Wildman–Crippen LogP) is 4.42. The van der Waals surface area contributed by atoms with Gasteiger partial charge in [-0.05, 0) is 44.9 Å². The molecule has 0 heterocycles. The second-order valence-electron chi connectivity index (χ2n) is 7.08. The molecule has 0 fully saturated rings. The van der Waals surface area contributed by atoms with Crippen molar-refractivity contribution in [2.45, 2.75) is 45.8 Å². The van der Waals surface area contributed by atoms with Gasteiger partial charge in [0.25, 0.3) is 0 Å². The number of benzene rings is 2. The van der Waals surface area contributed by atoms with E-state index in [9.17, 15) is 14.7 Å². The van der Waals surface area contributed by atoms with E-state index in [4.69, 9.17) is 9.47 Å². The summed E-state index contributed by atoms with van der Waals surface area (Å²) in [6.07, 6.45) is -0.320. The minimum atomic E-state index is -0.637. The van der Waals surface area contributed by atoms with E-state index in [0.29, 0.717) is 11.3 Å². The summed E-state index contributed by atoms with van der Waals surface area (Å²) in [5, 5.41) is 12.7. The highest BCUT2D eigenvalue weighted by Gasteiger charge is 2.18. The van der Waals surface area contributed by atoms with Crippen molar-refractivity contribution in [3.05, 3.63) is 59.7 Å². The maximum Gasteiger partial charge on any atom is 0.412 e. The zero-order valence-electron chi connectivity index (χ0n) is 15.8. The van der Waals surface area contributed by atoms with E-state index in [1.807, 2.05) is 30.3 Å². The molecule has 0 saturated carbocycles. The van der Waals surface area contributed by atoms with E-state index in [1.165, 1.54) is 6.07 Å². The van der Waals surface area contributed by atoms with Crippen LogP contribution in [0.25, 0.3) is 0 Å². The van der Waals surface area contributed by atoms with E-state index in [2.05, 4.69) is 5.32 Å². The van der Waals surface area contributed by atoms with Crippen LogP contribution in [-0.2, 0) is 27.3 Å². The molecule has 1 amide bonds. The fourth-order valence-electron chi connectivity index (χ4n) is 2.41. The molecule has 0 radical (unpaired) electrons. The number of amides is 1. The largest absolute Gasteiger partial charge is 0.508 e. The Kier molecular flexibility index (Phi) is 6.82. The van der Waals surface area contributed by atoms with Gasteiger partial charge in [-0.1, -0.05) is 36.4 Å². The Balaban J connectivity index is 1.95. The third-order valence-electron chi connectivity index (χ3n) is 3.61. The lowest BCUT2D eigenvalue weighted by molar-refractivity contribution is -0.144. The van der Waals surface area contributed by atoms with Gasteiger partial charge in [-0.2, -0.15) is 0 Å². The minimum absolute atomic E-state index is 0.000539. The number of nitrogens with one attached hydrogen (secondary N) is 1. The maximum atomic E-state index is 12.0. The molecule has 0 aliphatic carbocycles. The number of phenols is 1. The van der Waals surface area contributed by atoms with Crippen molar-refractivity contribution in [3.8, 4) is 5.75 Å². The fraction of sp³-hybridized carbons (Fsp3) is 0.333. The average molecular weight is 371 g/mol. The molecular weight excluding hydrogens is 346 g/mol. The second kappa shape index (κ2) is 9.07. The van der Waals surface area contributed by atoms with Gasteiger partial charge in [-0.3, -0.25) is 10.1 Å². The summed E-state index contributed by atoms with van der Waals surface area (Å²) >= 11 is 0. The summed E-state index contributed by atoms with van der Waals surface area (Å²) in [7, 11) is 0. The molecule has 0 saturated heterocycles. The first-order valence-corrected chi connectivity index (χ1v) is 8.75. The zero-order valence-corrected chi connectivity index (χ0v) is 15.8. The van der Waals surface area contributed by atoms with E-state index < -0.39 is 11.7 Å². The van der Waals surface area contributed by atoms with Crippen molar-refractivity contribution in [3.63, 3.8) is 0 Å². The normalized spacial score (nSPS) is 10.9. The summed E-state index contributed by atoms with van der Waals surface area (Å²) in [6.45, 7) is 5.49. The topological polar surface area (TPSA) is 84.9 Å². The van der Waals surface area contributed by atoms with Crippen LogP contribution >= 0.6 is 0 Å². The minimum Gasteiger partial charge on any atom is -0.508 e. The molecule has 6 heteroatoms. The van der Waals surface area contributed by atoms with Crippen molar-refractivity contribution in [2.24, 2.45) is 0 Å². The van der Waals surface area contributed by atoms with Crippen molar-refractivity contribution in [1.82, 2.24) is 0 Å². The first-order chi connectivity index (χ1) is 12.7. The summed E-state index contributed by atoms with van der Waals surface area (Å²) < 4.78 is 10.5. The quantitative estimate of drug-likeness (QED) is 0.735. The Morgan fingerprint density at radius 2 is 1.74 bits per heavy atom. The Hall–Kier alpha value is -3.02. The van der Waals surface area contributed by atoms with Crippen molar-refractivity contribution >= 4 is 17.7 Å². The maximum absolute atomic E-state index is 12.0. The molecule has 27 heavy (non-hydrogen) atoms. The number of aromatic hydroxyl groups is 1. The lowest BCUT2D eigenvalue weighted by Gasteiger charge is -2.20. The average Bonchev–Trinajstić information content (AvgIpc) is 2.58. The molecule has 2 N–H and O–H groups in total. The van der Waals surface area contributed by atoms with Crippen LogP contribution in [0.15, 0.2) is 48.5 Å². The van der Waals surface area contributed by atoms with Gasteiger partial charge >= 0.3 is 12.1 Å². The van der Waals surface area contributed by atoms with Gasteiger partial charge in [0.2, 0.25) is 0 Å².